The molecule has 4 aliphatic carbocycles. The Kier molecular flexibility index (Phi) is 3.08. The van der Waals surface area contributed by atoms with E-state index in [1.807, 2.05) is 6.07 Å². The molecule has 0 saturated heterocycles. The minimum absolute atomic E-state index is 0.445. The first kappa shape index (κ1) is 12.5. The number of nitrogens with one attached hydrogen (secondary N) is 1. The molecule has 0 unspecified atom stereocenters. The van der Waals surface area contributed by atoms with E-state index in [-0.39, 0.29) is 0 Å². The van der Waals surface area contributed by atoms with Gasteiger partial charge >= 0.3 is 0 Å². The third-order valence-electron chi connectivity index (χ3n) is 5.60. The van der Waals surface area contributed by atoms with Crippen molar-refractivity contribution in [1.29, 1.82) is 0 Å². The van der Waals surface area contributed by atoms with Gasteiger partial charge in [-0.15, -0.1) is 0 Å². The van der Waals surface area contributed by atoms with Crippen LogP contribution in [0.4, 0.5) is 0 Å². The van der Waals surface area contributed by atoms with Gasteiger partial charge in [-0.3, -0.25) is 0 Å². The summed E-state index contributed by atoms with van der Waals surface area (Å²) in [6.07, 6.45) is 8.76. The molecule has 4 aliphatic rings. The maximum absolute atomic E-state index is 3.82. The molecule has 5 rings (SSSR count). The molecule has 1 heteroatoms. The smallest absolute Gasteiger partial charge is 0.0584 e. The maximum Gasteiger partial charge on any atom is 0.0584 e. The van der Waals surface area contributed by atoms with Crippen LogP contribution in [0.3, 0.4) is 0 Å². The second-order valence-corrected chi connectivity index (χ2v) is 7.22. The maximum atomic E-state index is 3.82. The average Bonchev–Trinajstić information content (AvgIpc) is 2.43. The van der Waals surface area contributed by atoms with Gasteiger partial charge in [-0.1, -0.05) is 30.0 Å². The summed E-state index contributed by atoms with van der Waals surface area (Å²) < 4.78 is 0. The molecule has 0 heterocycles. The van der Waals surface area contributed by atoms with Crippen LogP contribution >= 0.6 is 0 Å². The molecule has 4 fully saturated rings. The molecule has 1 aromatic rings. The van der Waals surface area contributed by atoms with Crippen LogP contribution in [0.2, 0.25) is 0 Å². The molecule has 1 aromatic carbocycles. The molecular formula is C19H23N. The summed E-state index contributed by atoms with van der Waals surface area (Å²) in [7, 11) is 0. The molecule has 0 radical (unpaired) electrons. The van der Waals surface area contributed by atoms with Crippen molar-refractivity contribution < 1.29 is 0 Å². The van der Waals surface area contributed by atoms with Crippen molar-refractivity contribution in [2.24, 2.45) is 17.8 Å². The van der Waals surface area contributed by atoms with Gasteiger partial charge in [0.2, 0.25) is 0 Å². The average molecular weight is 265 g/mol. The molecule has 0 amide bonds. The van der Waals surface area contributed by atoms with Gasteiger partial charge in [-0.25, -0.2) is 0 Å². The minimum Gasteiger partial charge on any atom is -0.301 e. The molecule has 1 N–H and O–H groups in total. The zero-order valence-electron chi connectivity index (χ0n) is 12.1. The molecule has 4 saturated carbocycles. The Morgan fingerprint density at radius 1 is 0.950 bits per heavy atom. The summed E-state index contributed by atoms with van der Waals surface area (Å²) in [6, 6.07) is 10.3. The monoisotopic (exact) mass is 265 g/mol. The topological polar surface area (TPSA) is 12.0 Å². The second-order valence-electron chi connectivity index (χ2n) is 7.22. The van der Waals surface area contributed by atoms with E-state index >= 15 is 0 Å². The number of benzene rings is 1. The van der Waals surface area contributed by atoms with E-state index in [0.29, 0.717) is 5.54 Å². The first-order valence-corrected chi connectivity index (χ1v) is 8.10. The Balaban J connectivity index is 1.39. The highest BCUT2D eigenvalue weighted by atomic mass is 15.0. The van der Waals surface area contributed by atoms with Crippen LogP contribution in [-0.4, -0.2) is 12.1 Å². The third kappa shape index (κ3) is 2.38. The summed E-state index contributed by atoms with van der Waals surface area (Å²) in [4.78, 5) is 0. The lowest BCUT2D eigenvalue weighted by Crippen LogP contribution is -2.58. The summed E-state index contributed by atoms with van der Waals surface area (Å²) in [5.74, 6) is 9.61. The number of hydrogen-bond donors (Lipinski definition) is 1. The molecule has 4 bridgehead atoms. The lowest BCUT2D eigenvalue weighted by atomic mass is 9.53. The summed E-state index contributed by atoms with van der Waals surface area (Å²) in [6.45, 7) is 0.848. The first-order valence-electron chi connectivity index (χ1n) is 8.10. The Labute approximate surface area is 122 Å². The number of hydrogen-bond acceptors (Lipinski definition) is 1. The van der Waals surface area contributed by atoms with Crippen LogP contribution in [-0.2, 0) is 0 Å². The minimum atomic E-state index is 0.445. The number of rotatable bonds is 2. The van der Waals surface area contributed by atoms with Gasteiger partial charge in [0.25, 0.3) is 0 Å². The molecular weight excluding hydrogens is 242 g/mol. The third-order valence-corrected chi connectivity index (χ3v) is 5.60. The van der Waals surface area contributed by atoms with E-state index in [2.05, 4.69) is 41.4 Å². The van der Waals surface area contributed by atoms with E-state index in [0.717, 1.165) is 29.9 Å². The van der Waals surface area contributed by atoms with Crippen LogP contribution in [0.25, 0.3) is 0 Å². The highest BCUT2D eigenvalue weighted by molar-refractivity contribution is 5.33. The first-order chi connectivity index (χ1) is 9.81. The van der Waals surface area contributed by atoms with Gasteiger partial charge in [-0.2, -0.15) is 0 Å². The molecule has 0 aliphatic heterocycles. The van der Waals surface area contributed by atoms with Crippen molar-refractivity contribution in [2.45, 2.75) is 44.1 Å². The van der Waals surface area contributed by atoms with E-state index in [4.69, 9.17) is 0 Å². The van der Waals surface area contributed by atoms with Gasteiger partial charge < -0.3 is 5.32 Å². The summed E-state index contributed by atoms with van der Waals surface area (Å²) in [5.41, 5.74) is 1.57. The lowest BCUT2D eigenvalue weighted by molar-refractivity contribution is -0.0176. The van der Waals surface area contributed by atoms with Gasteiger partial charge in [0, 0.05) is 11.1 Å². The SMILES string of the molecule is C(#Cc1ccccc1)CNC12CC3CC(CC(C3)C1)C2. The van der Waals surface area contributed by atoms with E-state index in [1.165, 1.54) is 38.5 Å². The Morgan fingerprint density at radius 3 is 2.15 bits per heavy atom. The molecule has 104 valence electrons. The molecule has 20 heavy (non-hydrogen) atoms. The fourth-order valence-corrected chi connectivity index (χ4v) is 5.23. The Hall–Kier alpha value is -1.26. The fraction of sp³-hybridized carbons (Fsp3) is 0.579. The van der Waals surface area contributed by atoms with E-state index in [9.17, 15) is 0 Å². The van der Waals surface area contributed by atoms with Gasteiger partial charge in [0.15, 0.2) is 0 Å². The predicted octanol–water partition coefficient (Wildman–Crippen LogP) is 3.60. The lowest BCUT2D eigenvalue weighted by Gasteiger charge is -2.57. The molecule has 0 spiro atoms. The zero-order valence-corrected chi connectivity index (χ0v) is 12.1. The predicted molar refractivity (Wildman–Crippen MR) is 82.2 cm³/mol. The van der Waals surface area contributed by atoms with Crippen molar-refractivity contribution in [3.05, 3.63) is 35.9 Å². The van der Waals surface area contributed by atoms with Crippen molar-refractivity contribution in [3.63, 3.8) is 0 Å². The van der Waals surface area contributed by atoms with Crippen molar-refractivity contribution in [2.75, 3.05) is 6.54 Å². The molecule has 1 nitrogen and oxygen atoms in total. The van der Waals surface area contributed by atoms with Crippen LogP contribution < -0.4 is 5.32 Å². The standard InChI is InChI=1S/C19H23N/c1-2-5-15(6-3-1)7-4-8-20-19-12-16-9-17(13-19)11-18(10-16)14-19/h1-3,5-6,16-18,20H,8-14H2. The highest BCUT2D eigenvalue weighted by Crippen LogP contribution is 2.55. The quantitative estimate of drug-likeness (QED) is 0.806. The molecule has 0 aromatic heterocycles. The van der Waals surface area contributed by atoms with Gasteiger partial charge in [-0.05, 0) is 68.4 Å². The van der Waals surface area contributed by atoms with Crippen LogP contribution in [0, 0.1) is 29.6 Å². The zero-order chi connectivity index (χ0) is 13.4. The van der Waals surface area contributed by atoms with Crippen molar-refractivity contribution in [3.8, 4) is 11.8 Å². The fourth-order valence-electron chi connectivity index (χ4n) is 5.23. The normalized spacial score (nSPS) is 37.5. The summed E-state index contributed by atoms with van der Waals surface area (Å²) in [5, 5.41) is 3.82. The summed E-state index contributed by atoms with van der Waals surface area (Å²) >= 11 is 0. The van der Waals surface area contributed by atoms with Crippen LogP contribution in [0.15, 0.2) is 30.3 Å². The second kappa shape index (κ2) is 4.93. The van der Waals surface area contributed by atoms with Crippen LogP contribution in [0.5, 0.6) is 0 Å². The Morgan fingerprint density at radius 2 is 1.55 bits per heavy atom. The Bertz CT molecular complexity index is 499. The van der Waals surface area contributed by atoms with Crippen molar-refractivity contribution >= 4 is 0 Å². The van der Waals surface area contributed by atoms with Gasteiger partial charge in [0.05, 0.1) is 6.54 Å². The largest absolute Gasteiger partial charge is 0.301 e. The van der Waals surface area contributed by atoms with Crippen molar-refractivity contribution in [1.82, 2.24) is 5.32 Å². The highest BCUT2D eigenvalue weighted by Gasteiger charge is 2.50. The van der Waals surface area contributed by atoms with E-state index < -0.39 is 0 Å². The van der Waals surface area contributed by atoms with E-state index in [1.54, 1.807) is 0 Å². The molecule has 0 atom stereocenters. The van der Waals surface area contributed by atoms with Gasteiger partial charge in [0.1, 0.15) is 0 Å². The van der Waals surface area contributed by atoms with Crippen LogP contribution in [0.1, 0.15) is 44.1 Å².